The molecule has 0 fully saturated rings. The van der Waals surface area contributed by atoms with Crippen molar-refractivity contribution >= 4 is 23.9 Å². The van der Waals surface area contributed by atoms with Gasteiger partial charge in [0.25, 0.3) is 0 Å². The van der Waals surface area contributed by atoms with E-state index < -0.39 is 11.9 Å². The SMILES string of the molecule is CCC(CCCCOC(=O)CCCCC(=O)O)OC(=O)CCCCC(=O)O. The van der Waals surface area contributed by atoms with Crippen LogP contribution in [0, 0.1) is 0 Å². The Morgan fingerprint density at radius 1 is 0.741 bits per heavy atom. The monoisotopic (exact) mass is 388 g/mol. The highest BCUT2D eigenvalue weighted by Gasteiger charge is 2.13. The Morgan fingerprint density at radius 3 is 1.78 bits per heavy atom. The van der Waals surface area contributed by atoms with Gasteiger partial charge in [0.05, 0.1) is 6.61 Å². The van der Waals surface area contributed by atoms with Crippen molar-refractivity contribution in [2.45, 2.75) is 90.1 Å². The van der Waals surface area contributed by atoms with Crippen LogP contribution in [0.25, 0.3) is 0 Å². The largest absolute Gasteiger partial charge is 0.481 e. The molecule has 8 heteroatoms. The maximum atomic E-state index is 11.7. The summed E-state index contributed by atoms with van der Waals surface area (Å²) < 4.78 is 10.5. The predicted octanol–water partition coefficient (Wildman–Crippen LogP) is 3.31. The lowest BCUT2D eigenvalue weighted by molar-refractivity contribution is -0.150. The van der Waals surface area contributed by atoms with Crippen LogP contribution in [-0.2, 0) is 28.7 Å². The molecule has 0 heterocycles. The van der Waals surface area contributed by atoms with Crippen molar-refractivity contribution in [1.29, 1.82) is 0 Å². The second kappa shape index (κ2) is 16.1. The first-order valence-corrected chi connectivity index (χ1v) is 9.63. The molecule has 2 N–H and O–H groups in total. The van der Waals surface area contributed by atoms with Crippen molar-refractivity contribution < 1.29 is 38.9 Å². The fourth-order valence-electron chi connectivity index (χ4n) is 2.41. The molecule has 0 aliphatic rings. The van der Waals surface area contributed by atoms with Crippen LogP contribution in [0.4, 0.5) is 0 Å². The number of ether oxygens (including phenoxy) is 2. The normalized spacial score (nSPS) is 11.6. The molecule has 0 aliphatic heterocycles. The van der Waals surface area contributed by atoms with Gasteiger partial charge in [0.1, 0.15) is 6.10 Å². The zero-order valence-corrected chi connectivity index (χ0v) is 16.1. The van der Waals surface area contributed by atoms with E-state index in [2.05, 4.69) is 0 Å². The molecule has 0 spiro atoms. The van der Waals surface area contributed by atoms with E-state index in [-0.39, 0.29) is 43.7 Å². The van der Waals surface area contributed by atoms with Crippen molar-refractivity contribution in [2.24, 2.45) is 0 Å². The fraction of sp³-hybridized carbons (Fsp3) is 0.789. The Kier molecular flexibility index (Phi) is 14.8. The third-order valence-electron chi connectivity index (χ3n) is 3.98. The summed E-state index contributed by atoms with van der Waals surface area (Å²) in [6.45, 7) is 2.23. The third kappa shape index (κ3) is 17.1. The Labute approximate surface area is 160 Å². The molecule has 0 aromatic carbocycles. The van der Waals surface area contributed by atoms with E-state index in [4.69, 9.17) is 19.7 Å². The van der Waals surface area contributed by atoms with Crippen LogP contribution in [0.3, 0.4) is 0 Å². The summed E-state index contributed by atoms with van der Waals surface area (Å²) in [5.74, 6) is -2.36. The van der Waals surface area contributed by atoms with Gasteiger partial charge in [0, 0.05) is 25.7 Å². The van der Waals surface area contributed by atoms with Gasteiger partial charge < -0.3 is 19.7 Å². The van der Waals surface area contributed by atoms with E-state index in [9.17, 15) is 19.2 Å². The molecule has 156 valence electrons. The van der Waals surface area contributed by atoms with Gasteiger partial charge >= 0.3 is 23.9 Å². The molecule has 0 aliphatic carbocycles. The van der Waals surface area contributed by atoms with Crippen LogP contribution in [0.2, 0.25) is 0 Å². The lowest BCUT2D eigenvalue weighted by Crippen LogP contribution is -2.17. The van der Waals surface area contributed by atoms with Gasteiger partial charge in [0.15, 0.2) is 0 Å². The van der Waals surface area contributed by atoms with Gasteiger partial charge in [0.2, 0.25) is 0 Å². The average molecular weight is 388 g/mol. The van der Waals surface area contributed by atoms with Gasteiger partial charge in [-0.3, -0.25) is 19.2 Å². The average Bonchev–Trinajstić information content (AvgIpc) is 2.60. The second-order valence-electron chi connectivity index (χ2n) is 6.44. The first kappa shape index (κ1) is 24.9. The highest BCUT2D eigenvalue weighted by Crippen LogP contribution is 2.12. The summed E-state index contributed by atoms with van der Waals surface area (Å²) in [7, 11) is 0. The fourth-order valence-corrected chi connectivity index (χ4v) is 2.41. The molecule has 0 amide bonds. The van der Waals surface area contributed by atoms with Gasteiger partial charge in [-0.2, -0.15) is 0 Å². The van der Waals surface area contributed by atoms with Gasteiger partial charge in [-0.1, -0.05) is 6.92 Å². The number of esters is 2. The van der Waals surface area contributed by atoms with Gasteiger partial charge in [-0.15, -0.1) is 0 Å². The molecule has 1 unspecified atom stereocenters. The number of hydrogen-bond acceptors (Lipinski definition) is 6. The van der Waals surface area contributed by atoms with Crippen molar-refractivity contribution in [3.8, 4) is 0 Å². The Morgan fingerprint density at radius 2 is 1.26 bits per heavy atom. The minimum atomic E-state index is -0.866. The van der Waals surface area contributed by atoms with E-state index in [1.165, 1.54) is 0 Å². The smallest absolute Gasteiger partial charge is 0.306 e. The Hall–Kier alpha value is -2.12. The molecule has 27 heavy (non-hydrogen) atoms. The van der Waals surface area contributed by atoms with Crippen molar-refractivity contribution in [3.63, 3.8) is 0 Å². The van der Waals surface area contributed by atoms with Gasteiger partial charge in [-0.25, -0.2) is 0 Å². The molecule has 1 atom stereocenters. The molecule has 0 aromatic rings. The first-order valence-electron chi connectivity index (χ1n) is 9.63. The lowest BCUT2D eigenvalue weighted by Gasteiger charge is -2.16. The number of carboxylic acid groups (broad SMARTS) is 2. The van der Waals surface area contributed by atoms with Crippen LogP contribution >= 0.6 is 0 Å². The maximum Gasteiger partial charge on any atom is 0.306 e. The number of unbranched alkanes of at least 4 members (excludes halogenated alkanes) is 3. The highest BCUT2D eigenvalue weighted by molar-refractivity contribution is 5.70. The van der Waals surface area contributed by atoms with Crippen LogP contribution in [0.5, 0.6) is 0 Å². The summed E-state index contributed by atoms with van der Waals surface area (Å²) in [5, 5.41) is 17.0. The Balaban J connectivity index is 3.69. The van der Waals surface area contributed by atoms with E-state index in [1.807, 2.05) is 6.92 Å². The minimum Gasteiger partial charge on any atom is -0.481 e. The van der Waals surface area contributed by atoms with E-state index >= 15 is 0 Å². The maximum absolute atomic E-state index is 11.7. The van der Waals surface area contributed by atoms with E-state index in [0.717, 1.165) is 6.42 Å². The summed E-state index contributed by atoms with van der Waals surface area (Å²) in [6.07, 6.45) is 5.15. The topological polar surface area (TPSA) is 127 Å². The Bertz CT molecular complexity index is 461. The summed E-state index contributed by atoms with van der Waals surface area (Å²) in [6, 6.07) is 0. The van der Waals surface area contributed by atoms with Crippen molar-refractivity contribution in [3.05, 3.63) is 0 Å². The third-order valence-corrected chi connectivity index (χ3v) is 3.98. The van der Waals surface area contributed by atoms with E-state index in [0.29, 0.717) is 51.6 Å². The molecular weight excluding hydrogens is 356 g/mol. The molecule has 0 bridgehead atoms. The predicted molar refractivity (Wildman–Crippen MR) is 97.2 cm³/mol. The molecule has 0 aromatic heterocycles. The highest BCUT2D eigenvalue weighted by atomic mass is 16.5. The number of carbonyl (C=O) groups excluding carboxylic acids is 2. The zero-order chi connectivity index (χ0) is 20.5. The lowest BCUT2D eigenvalue weighted by atomic mass is 10.1. The van der Waals surface area contributed by atoms with Crippen LogP contribution in [-0.4, -0.2) is 46.8 Å². The standard InChI is InChI=1S/C19H32O8/c1-2-15(27-19(25)13-6-4-11-17(22)23)9-7-8-14-26-18(24)12-5-3-10-16(20)21/h15H,2-14H2,1H3,(H,20,21)(H,22,23). The van der Waals surface area contributed by atoms with Crippen LogP contribution in [0.1, 0.15) is 84.0 Å². The van der Waals surface area contributed by atoms with Crippen LogP contribution in [0.15, 0.2) is 0 Å². The quantitative estimate of drug-likeness (QED) is 0.287. The number of carboxylic acids is 2. The molecule has 0 rings (SSSR count). The second-order valence-corrected chi connectivity index (χ2v) is 6.44. The number of hydrogen-bond donors (Lipinski definition) is 2. The summed E-state index contributed by atoms with van der Waals surface area (Å²) >= 11 is 0. The molecular formula is C19H32O8. The molecule has 0 radical (unpaired) electrons. The molecule has 8 nitrogen and oxygen atoms in total. The van der Waals surface area contributed by atoms with Crippen molar-refractivity contribution in [2.75, 3.05) is 6.61 Å². The van der Waals surface area contributed by atoms with Crippen molar-refractivity contribution in [1.82, 2.24) is 0 Å². The van der Waals surface area contributed by atoms with E-state index in [1.54, 1.807) is 0 Å². The van der Waals surface area contributed by atoms with Crippen LogP contribution < -0.4 is 0 Å². The van der Waals surface area contributed by atoms with Gasteiger partial charge in [-0.05, 0) is 51.4 Å². The first-order chi connectivity index (χ1) is 12.8. The summed E-state index contributed by atoms with van der Waals surface area (Å²) in [4.78, 5) is 44.0. The minimum absolute atomic E-state index is 0.0583. The summed E-state index contributed by atoms with van der Waals surface area (Å²) in [5.41, 5.74) is 0. The molecule has 0 saturated carbocycles. The molecule has 0 saturated heterocycles. The number of aliphatic carboxylic acids is 2. The number of rotatable bonds is 17. The zero-order valence-electron chi connectivity index (χ0n) is 16.1. The number of carbonyl (C=O) groups is 4.